The molecule has 0 radical (unpaired) electrons. The molecule has 0 spiro atoms. The van der Waals surface area contributed by atoms with Gasteiger partial charge < -0.3 is 4.74 Å². The number of carbonyl (C=O) groups is 2. The maximum absolute atomic E-state index is 12.8. The van der Waals surface area contributed by atoms with Crippen molar-refractivity contribution in [3.05, 3.63) is 72.0 Å². The second-order valence-electron chi connectivity index (χ2n) is 6.08. The van der Waals surface area contributed by atoms with Crippen LogP contribution in [0.3, 0.4) is 0 Å². The Labute approximate surface area is 174 Å². The van der Waals surface area contributed by atoms with Crippen molar-refractivity contribution in [3.8, 4) is 11.6 Å². The van der Waals surface area contributed by atoms with Crippen LogP contribution in [0.15, 0.2) is 60.8 Å². The van der Waals surface area contributed by atoms with Gasteiger partial charge >= 0.3 is 6.18 Å². The standard InChI is InChI=1S/C20H14F3N3O3S/c1-2-8-26-18(28)15(17(27)25-19(26)30)9-12-6-7-16(24-11-12)29-14-5-3-4-13(10-14)20(21,22)23/h2-7,9-11H,1,8H2,(H,25,27,30)/b15-9+. The minimum atomic E-state index is -4.49. The van der Waals surface area contributed by atoms with Gasteiger partial charge in [-0.05, 0) is 48.1 Å². The van der Waals surface area contributed by atoms with E-state index in [1.54, 1.807) is 0 Å². The van der Waals surface area contributed by atoms with Crippen LogP contribution in [0.4, 0.5) is 13.2 Å². The van der Waals surface area contributed by atoms with Crippen molar-refractivity contribution in [3.63, 3.8) is 0 Å². The molecule has 1 N–H and O–H groups in total. The Morgan fingerprint density at radius 2 is 2.00 bits per heavy atom. The molecule has 0 saturated carbocycles. The molecule has 0 atom stereocenters. The molecule has 0 unspecified atom stereocenters. The van der Waals surface area contributed by atoms with Crippen molar-refractivity contribution in [2.75, 3.05) is 6.54 Å². The summed E-state index contributed by atoms with van der Waals surface area (Å²) in [4.78, 5) is 29.8. The zero-order chi connectivity index (χ0) is 21.9. The van der Waals surface area contributed by atoms with Crippen LogP contribution in [0.25, 0.3) is 6.08 Å². The van der Waals surface area contributed by atoms with Gasteiger partial charge in [-0.25, -0.2) is 4.98 Å². The number of aromatic nitrogens is 1. The minimum Gasteiger partial charge on any atom is -0.439 e. The van der Waals surface area contributed by atoms with E-state index in [1.165, 1.54) is 47.5 Å². The summed E-state index contributed by atoms with van der Waals surface area (Å²) >= 11 is 4.97. The van der Waals surface area contributed by atoms with Crippen LogP contribution in [0, 0.1) is 0 Å². The summed E-state index contributed by atoms with van der Waals surface area (Å²) in [6, 6.07) is 7.31. The highest BCUT2D eigenvalue weighted by Crippen LogP contribution is 2.32. The first kappa shape index (κ1) is 21.2. The number of nitrogens with zero attached hydrogens (tertiary/aromatic N) is 2. The molecule has 1 fully saturated rings. The van der Waals surface area contributed by atoms with E-state index in [0.717, 1.165) is 12.1 Å². The van der Waals surface area contributed by atoms with Crippen molar-refractivity contribution in [1.82, 2.24) is 15.2 Å². The fourth-order valence-corrected chi connectivity index (χ4v) is 2.80. The quantitative estimate of drug-likeness (QED) is 0.337. The first-order valence-electron chi connectivity index (χ1n) is 8.50. The zero-order valence-electron chi connectivity index (χ0n) is 15.3. The number of pyridine rings is 1. The SMILES string of the molecule is C=CCN1C(=O)/C(=C/c2ccc(Oc3cccc(C(F)(F)F)c3)nc2)C(=O)NC1=S. The Morgan fingerprint density at radius 1 is 1.23 bits per heavy atom. The number of benzene rings is 1. The highest BCUT2D eigenvalue weighted by atomic mass is 32.1. The largest absolute Gasteiger partial charge is 0.439 e. The van der Waals surface area contributed by atoms with Crippen molar-refractivity contribution >= 4 is 35.2 Å². The first-order chi connectivity index (χ1) is 14.2. The number of hydrogen-bond acceptors (Lipinski definition) is 5. The van der Waals surface area contributed by atoms with Crippen LogP contribution in [-0.2, 0) is 15.8 Å². The van der Waals surface area contributed by atoms with Crippen LogP contribution in [0.2, 0.25) is 0 Å². The Kier molecular flexibility index (Phi) is 5.97. The van der Waals surface area contributed by atoms with Crippen LogP contribution in [-0.4, -0.2) is 33.4 Å². The lowest BCUT2D eigenvalue weighted by Gasteiger charge is -2.27. The van der Waals surface area contributed by atoms with Gasteiger partial charge in [0.25, 0.3) is 11.8 Å². The number of thiocarbonyl (C=S) groups is 1. The predicted molar refractivity (Wildman–Crippen MR) is 106 cm³/mol. The Morgan fingerprint density at radius 3 is 2.63 bits per heavy atom. The van der Waals surface area contributed by atoms with Crippen molar-refractivity contribution < 1.29 is 27.5 Å². The molecular weight excluding hydrogens is 419 g/mol. The first-order valence-corrected chi connectivity index (χ1v) is 8.91. The number of nitrogens with one attached hydrogen (secondary N) is 1. The maximum Gasteiger partial charge on any atom is 0.416 e. The molecule has 2 heterocycles. The summed E-state index contributed by atoms with van der Waals surface area (Å²) in [6.45, 7) is 3.68. The monoisotopic (exact) mass is 433 g/mol. The van der Waals surface area contributed by atoms with Crippen LogP contribution >= 0.6 is 12.2 Å². The Balaban J connectivity index is 1.79. The molecular formula is C20H14F3N3O3S. The number of carbonyl (C=O) groups excluding carboxylic acids is 2. The van der Waals surface area contributed by atoms with Crippen molar-refractivity contribution in [1.29, 1.82) is 0 Å². The van der Waals surface area contributed by atoms with E-state index < -0.39 is 23.6 Å². The topological polar surface area (TPSA) is 71.5 Å². The molecule has 2 aromatic rings. The van der Waals surface area contributed by atoms with Gasteiger partial charge in [-0.1, -0.05) is 12.1 Å². The fourth-order valence-electron chi connectivity index (χ4n) is 2.55. The maximum atomic E-state index is 12.8. The van der Waals surface area contributed by atoms with E-state index in [0.29, 0.717) is 5.56 Å². The molecule has 1 aliphatic heterocycles. The summed E-state index contributed by atoms with van der Waals surface area (Å²) in [5.41, 5.74) is -0.569. The molecule has 154 valence electrons. The molecule has 0 bridgehead atoms. The van der Waals surface area contributed by atoms with Crippen LogP contribution < -0.4 is 10.1 Å². The Hall–Kier alpha value is -3.53. The number of rotatable bonds is 5. The van der Waals surface area contributed by atoms with Gasteiger partial charge in [0.1, 0.15) is 11.3 Å². The predicted octanol–water partition coefficient (Wildman–Crippen LogP) is 3.71. The van der Waals surface area contributed by atoms with Gasteiger partial charge in [-0.15, -0.1) is 6.58 Å². The third-order valence-electron chi connectivity index (χ3n) is 3.95. The smallest absolute Gasteiger partial charge is 0.416 e. The molecule has 1 aromatic heterocycles. The van der Waals surface area contributed by atoms with E-state index in [1.807, 2.05) is 0 Å². The molecule has 1 saturated heterocycles. The van der Waals surface area contributed by atoms with Crippen LogP contribution in [0.5, 0.6) is 11.6 Å². The van der Waals surface area contributed by atoms with E-state index in [-0.39, 0.29) is 28.9 Å². The molecule has 2 amide bonds. The van der Waals surface area contributed by atoms with Gasteiger partial charge in [0.05, 0.1) is 5.56 Å². The van der Waals surface area contributed by atoms with Crippen molar-refractivity contribution in [2.45, 2.75) is 6.18 Å². The lowest BCUT2D eigenvalue weighted by Crippen LogP contribution is -2.53. The molecule has 3 rings (SSSR count). The van der Waals surface area contributed by atoms with Gasteiger partial charge in [-0.3, -0.25) is 19.8 Å². The number of hydrogen-bond donors (Lipinski definition) is 1. The summed E-state index contributed by atoms with van der Waals surface area (Å²) in [6.07, 6.45) is -0.365. The summed E-state index contributed by atoms with van der Waals surface area (Å²) in [5.74, 6) is -1.20. The van der Waals surface area contributed by atoms with Gasteiger partial charge in [0, 0.05) is 18.8 Å². The van der Waals surface area contributed by atoms with Gasteiger partial charge in [0.15, 0.2) is 5.11 Å². The number of amides is 2. The summed E-state index contributed by atoms with van der Waals surface area (Å²) < 4.78 is 43.7. The molecule has 6 nitrogen and oxygen atoms in total. The van der Waals surface area contributed by atoms with E-state index in [2.05, 4.69) is 16.9 Å². The van der Waals surface area contributed by atoms with E-state index in [4.69, 9.17) is 17.0 Å². The molecule has 0 aliphatic carbocycles. The van der Waals surface area contributed by atoms with Gasteiger partial charge in [-0.2, -0.15) is 13.2 Å². The molecule has 1 aliphatic rings. The highest BCUT2D eigenvalue weighted by molar-refractivity contribution is 7.80. The summed E-state index contributed by atoms with van der Waals surface area (Å²) in [7, 11) is 0. The zero-order valence-corrected chi connectivity index (χ0v) is 16.1. The normalized spacial score (nSPS) is 15.9. The molecule has 1 aromatic carbocycles. The lowest BCUT2D eigenvalue weighted by molar-refractivity contribution is -0.137. The Bertz CT molecular complexity index is 1050. The van der Waals surface area contributed by atoms with E-state index >= 15 is 0 Å². The minimum absolute atomic E-state index is 0.00925. The second-order valence-corrected chi connectivity index (χ2v) is 6.47. The summed E-state index contributed by atoms with van der Waals surface area (Å²) in [5, 5.41) is 2.41. The average Bonchev–Trinajstić information content (AvgIpc) is 2.69. The average molecular weight is 433 g/mol. The van der Waals surface area contributed by atoms with Crippen LogP contribution in [0.1, 0.15) is 11.1 Å². The molecule has 10 heteroatoms. The third kappa shape index (κ3) is 4.71. The number of alkyl halides is 3. The second kappa shape index (κ2) is 8.46. The van der Waals surface area contributed by atoms with Crippen molar-refractivity contribution in [2.24, 2.45) is 0 Å². The molecule has 30 heavy (non-hydrogen) atoms. The number of halogens is 3. The fraction of sp³-hybridized carbons (Fsp3) is 0.100. The lowest BCUT2D eigenvalue weighted by atomic mass is 10.1. The van der Waals surface area contributed by atoms with E-state index in [9.17, 15) is 22.8 Å². The van der Waals surface area contributed by atoms with Gasteiger partial charge in [0.2, 0.25) is 5.88 Å². The third-order valence-corrected chi connectivity index (χ3v) is 4.27. The number of ether oxygens (including phenoxy) is 1. The highest BCUT2D eigenvalue weighted by Gasteiger charge is 2.32.